The zero-order valence-electron chi connectivity index (χ0n) is 10.3. The molecule has 0 bridgehead atoms. The summed E-state index contributed by atoms with van der Waals surface area (Å²) >= 11 is 0. The van der Waals surface area contributed by atoms with Crippen LogP contribution < -0.4 is 16.8 Å². The third-order valence-corrected chi connectivity index (χ3v) is 4.20. The number of hydrogen-bond donors (Lipinski definition) is 5. The van der Waals surface area contributed by atoms with Crippen molar-refractivity contribution in [3.05, 3.63) is 0 Å². The highest BCUT2D eigenvalue weighted by Crippen LogP contribution is 2.22. The number of aliphatic hydroxyl groups excluding tert-OH is 2. The Bertz CT molecular complexity index is 228. The van der Waals surface area contributed by atoms with Gasteiger partial charge in [-0.2, -0.15) is 0 Å². The number of rotatable bonds is 2. The predicted molar refractivity (Wildman–Crippen MR) is 66.4 cm³/mol. The van der Waals surface area contributed by atoms with E-state index in [1.165, 1.54) is 0 Å². The molecule has 0 amide bonds. The predicted octanol–water partition coefficient (Wildman–Crippen LogP) is -0.943. The van der Waals surface area contributed by atoms with Crippen molar-refractivity contribution >= 4 is 0 Å². The van der Waals surface area contributed by atoms with E-state index < -0.39 is 0 Å². The average Bonchev–Trinajstić information content (AvgIpc) is 2.29. The zero-order valence-corrected chi connectivity index (χ0v) is 10.3. The van der Waals surface area contributed by atoms with Crippen LogP contribution in [0.25, 0.3) is 0 Å². The average molecular weight is 243 g/mol. The van der Waals surface area contributed by atoms with Crippen LogP contribution in [0.4, 0.5) is 0 Å². The molecule has 5 heteroatoms. The molecule has 6 unspecified atom stereocenters. The van der Waals surface area contributed by atoms with Crippen LogP contribution in [0.1, 0.15) is 38.5 Å². The fraction of sp³-hybridized carbons (Fsp3) is 1.00. The molecule has 0 aromatic rings. The first-order valence-corrected chi connectivity index (χ1v) is 6.69. The van der Waals surface area contributed by atoms with Gasteiger partial charge in [0.1, 0.15) is 0 Å². The van der Waals surface area contributed by atoms with Crippen molar-refractivity contribution in [2.24, 2.45) is 11.5 Å². The summed E-state index contributed by atoms with van der Waals surface area (Å²) in [4.78, 5) is 0. The number of hydrogen-bond acceptors (Lipinski definition) is 5. The molecule has 2 aliphatic carbocycles. The van der Waals surface area contributed by atoms with Crippen molar-refractivity contribution in [2.45, 2.75) is 74.9 Å². The number of nitrogens with one attached hydrogen (secondary N) is 1. The first-order chi connectivity index (χ1) is 8.06. The molecule has 0 saturated heterocycles. The van der Waals surface area contributed by atoms with E-state index >= 15 is 0 Å². The maximum Gasteiger partial charge on any atom is 0.0692 e. The van der Waals surface area contributed by atoms with Crippen molar-refractivity contribution in [2.75, 3.05) is 0 Å². The van der Waals surface area contributed by atoms with E-state index in [0.29, 0.717) is 12.1 Å². The molecular weight excluding hydrogens is 218 g/mol. The largest absolute Gasteiger partial charge is 0.392 e. The summed E-state index contributed by atoms with van der Waals surface area (Å²) < 4.78 is 0. The highest BCUT2D eigenvalue weighted by molar-refractivity contribution is 4.91. The van der Waals surface area contributed by atoms with Gasteiger partial charge in [-0.15, -0.1) is 0 Å². The second-order valence-corrected chi connectivity index (χ2v) is 5.65. The quantitative estimate of drug-likeness (QED) is 0.430. The van der Waals surface area contributed by atoms with Crippen LogP contribution >= 0.6 is 0 Å². The summed E-state index contributed by atoms with van der Waals surface area (Å²) in [6, 6.07) is 0.565. The zero-order chi connectivity index (χ0) is 12.4. The van der Waals surface area contributed by atoms with E-state index in [2.05, 4.69) is 5.32 Å². The standard InChI is InChI=1S/C12H25N3O2/c13-9-5-7(1-3-11(9)16)15-8-2-4-12(17)10(14)6-8/h7-12,15-17H,1-6,13-14H2. The Hall–Kier alpha value is -0.200. The summed E-state index contributed by atoms with van der Waals surface area (Å²) in [6.07, 6.45) is 4.48. The summed E-state index contributed by atoms with van der Waals surface area (Å²) in [5.74, 6) is 0. The van der Waals surface area contributed by atoms with E-state index in [4.69, 9.17) is 11.5 Å². The van der Waals surface area contributed by atoms with E-state index in [0.717, 1.165) is 38.5 Å². The molecule has 0 spiro atoms. The highest BCUT2D eigenvalue weighted by atomic mass is 16.3. The first kappa shape index (κ1) is 13.2. The van der Waals surface area contributed by atoms with E-state index in [9.17, 15) is 10.2 Å². The molecule has 2 saturated carbocycles. The fourth-order valence-corrected chi connectivity index (χ4v) is 3.02. The first-order valence-electron chi connectivity index (χ1n) is 6.69. The highest BCUT2D eigenvalue weighted by Gasteiger charge is 2.31. The minimum absolute atomic E-state index is 0.107. The lowest BCUT2D eigenvalue weighted by atomic mass is 9.85. The SMILES string of the molecule is NC1CC(NC2CCC(O)C(N)C2)CCC1O. The molecular formula is C12H25N3O2. The molecule has 2 fully saturated rings. The van der Waals surface area contributed by atoms with E-state index in [-0.39, 0.29) is 24.3 Å². The summed E-state index contributed by atoms with van der Waals surface area (Å²) in [7, 11) is 0. The molecule has 2 rings (SSSR count). The van der Waals surface area contributed by atoms with Gasteiger partial charge in [0.05, 0.1) is 12.2 Å². The number of nitrogens with two attached hydrogens (primary N) is 2. The Morgan fingerprint density at radius 3 is 1.53 bits per heavy atom. The maximum atomic E-state index is 9.57. The molecule has 17 heavy (non-hydrogen) atoms. The minimum Gasteiger partial charge on any atom is -0.392 e. The van der Waals surface area contributed by atoms with E-state index in [1.807, 2.05) is 0 Å². The van der Waals surface area contributed by atoms with Gasteiger partial charge < -0.3 is 27.0 Å². The third-order valence-electron chi connectivity index (χ3n) is 4.20. The molecule has 6 atom stereocenters. The van der Waals surface area contributed by atoms with Gasteiger partial charge in [0.25, 0.3) is 0 Å². The van der Waals surface area contributed by atoms with Crippen LogP contribution in [0.5, 0.6) is 0 Å². The maximum absolute atomic E-state index is 9.57. The number of aliphatic hydroxyl groups is 2. The molecule has 0 radical (unpaired) electrons. The molecule has 100 valence electrons. The van der Waals surface area contributed by atoms with Crippen molar-refractivity contribution in [3.63, 3.8) is 0 Å². The van der Waals surface area contributed by atoms with Crippen LogP contribution in [-0.4, -0.2) is 46.6 Å². The lowest BCUT2D eigenvalue weighted by Gasteiger charge is -2.37. The van der Waals surface area contributed by atoms with Crippen LogP contribution in [0.2, 0.25) is 0 Å². The van der Waals surface area contributed by atoms with Crippen molar-refractivity contribution in [1.29, 1.82) is 0 Å². The van der Waals surface area contributed by atoms with Gasteiger partial charge in [0.15, 0.2) is 0 Å². The normalized spacial score (nSPS) is 48.0. The van der Waals surface area contributed by atoms with Gasteiger partial charge in [-0.3, -0.25) is 0 Å². The van der Waals surface area contributed by atoms with Gasteiger partial charge in [0, 0.05) is 24.2 Å². The van der Waals surface area contributed by atoms with Crippen LogP contribution in [0.15, 0.2) is 0 Å². The molecule has 0 aliphatic heterocycles. The van der Waals surface area contributed by atoms with Gasteiger partial charge in [-0.25, -0.2) is 0 Å². The van der Waals surface area contributed by atoms with Crippen molar-refractivity contribution in [3.8, 4) is 0 Å². The topological polar surface area (TPSA) is 105 Å². The van der Waals surface area contributed by atoms with Crippen LogP contribution in [0.3, 0.4) is 0 Å². The minimum atomic E-state index is -0.344. The van der Waals surface area contributed by atoms with Gasteiger partial charge in [0.2, 0.25) is 0 Å². The third kappa shape index (κ3) is 3.39. The summed E-state index contributed by atoms with van der Waals surface area (Å²) in [5, 5.41) is 22.7. The second-order valence-electron chi connectivity index (χ2n) is 5.65. The van der Waals surface area contributed by atoms with Gasteiger partial charge in [-0.1, -0.05) is 0 Å². The van der Waals surface area contributed by atoms with Crippen LogP contribution in [0, 0.1) is 0 Å². The summed E-state index contributed by atoms with van der Waals surface area (Å²) in [6.45, 7) is 0. The Labute approximate surface area is 103 Å². The molecule has 5 nitrogen and oxygen atoms in total. The Morgan fingerprint density at radius 1 is 0.765 bits per heavy atom. The monoisotopic (exact) mass is 243 g/mol. The second kappa shape index (κ2) is 5.63. The summed E-state index contributed by atoms with van der Waals surface area (Å²) in [5.41, 5.74) is 11.7. The van der Waals surface area contributed by atoms with Crippen LogP contribution in [-0.2, 0) is 0 Å². The Morgan fingerprint density at radius 2 is 1.18 bits per heavy atom. The lowest BCUT2D eigenvalue weighted by Crippen LogP contribution is -2.53. The Balaban J connectivity index is 1.78. The molecule has 0 heterocycles. The van der Waals surface area contributed by atoms with Crippen molar-refractivity contribution in [1.82, 2.24) is 5.32 Å². The smallest absolute Gasteiger partial charge is 0.0692 e. The van der Waals surface area contributed by atoms with Gasteiger partial charge >= 0.3 is 0 Å². The molecule has 0 aromatic carbocycles. The van der Waals surface area contributed by atoms with E-state index in [1.54, 1.807) is 0 Å². The lowest BCUT2D eigenvalue weighted by molar-refractivity contribution is 0.0750. The molecule has 0 aromatic heterocycles. The fourth-order valence-electron chi connectivity index (χ4n) is 3.02. The molecule has 2 aliphatic rings. The Kier molecular flexibility index (Phi) is 4.38. The van der Waals surface area contributed by atoms with Gasteiger partial charge in [-0.05, 0) is 38.5 Å². The van der Waals surface area contributed by atoms with Crippen molar-refractivity contribution < 1.29 is 10.2 Å². The molecule has 7 N–H and O–H groups in total.